The SMILES string of the molecule is CCOC(=O)C1(NC(C)C)CCCC(C)C1. The third-order valence-corrected chi connectivity index (χ3v) is 3.23. The molecule has 0 spiro atoms. The van der Waals surface area contributed by atoms with Crippen LogP contribution >= 0.6 is 0 Å². The molecule has 1 fully saturated rings. The summed E-state index contributed by atoms with van der Waals surface area (Å²) in [6, 6.07) is 0.315. The van der Waals surface area contributed by atoms with Gasteiger partial charge in [0.25, 0.3) is 0 Å². The highest BCUT2D eigenvalue weighted by molar-refractivity contribution is 5.81. The van der Waals surface area contributed by atoms with E-state index in [2.05, 4.69) is 26.1 Å². The Kier molecular flexibility index (Phi) is 4.78. The highest BCUT2D eigenvalue weighted by Crippen LogP contribution is 2.33. The average Bonchev–Trinajstić information content (AvgIpc) is 2.16. The highest BCUT2D eigenvalue weighted by atomic mass is 16.5. The lowest BCUT2D eigenvalue weighted by atomic mass is 9.76. The first kappa shape index (κ1) is 13.5. The van der Waals surface area contributed by atoms with Crippen molar-refractivity contribution in [3.05, 3.63) is 0 Å². The van der Waals surface area contributed by atoms with Crippen LogP contribution in [0.5, 0.6) is 0 Å². The van der Waals surface area contributed by atoms with E-state index in [4.69, 9.17) is 4.74 Å². The fourth-order valence-electron chi connectivity index (χ4n) is 2.75. The van der Waals surface area contributed by atoms with Gasteiger partial charge in [0.2, 0.25) is 0 Å². The molecule has 0 aliphatic heterocycles. The van der Waals surface area contributed by atoms with E-state index < -0.39 is 5.54 Å². The van der Waals surface area contributed by atoms with Crippen molar-refractivity contribution in [2.75, 3.05) is 6.61 Å². The summed E-state index contributed by atoms with van der Waals surface area (Å²) in [4.78, 5) is 12.1. The van der Waals surface area contributed by atoms with Crippen LogP contribution in [0.2, 0.25) is 0 Å². The van der Waals surface area contributed by atoms with Gasteiger partial charge in [0.15, 0.2) is 0 Å². The van der Waals surface area contributed by atoms with Crippen molar-refractivity contribution in [3.63, 3.8) is 0 Å². The Morgan fingerprint density at radius 1 is 1.56 bits per heavy atom. The summed E-state index contributed by atoms with van der Waals surface area (Å²) in [6.45, 7) is 8.72. The minimum atomic E-state index is -0.429. The average molecular weight is 227 g/mol. The third kappa shape index (κ3) is 3.21. The van der Waals surface area contributed by atoms with Gasteiger partial charge in [-0.2, -0.15) is 0 Å². The molecule has 1 aliphatic carbocycles. The Morgan fingerprint density at radius 3 is 2.75 bits per heavy atom. The number of nitrogens with one attached hydrogen (secondary N) is 1. The molecule has 1 rings (SSSR count). The smallest absolute Gasteiger partial charge is 0.326 e. The van der Waals surface area contributed by atoms with E-state index >= 15 is 0 Å². The lowest BCUT2D eigenvalue weighted by Gasteiger charge is -2.39. The first-order chi connectivity index (χ1) is 7.50. The van der Waals surface area contributed by atoms with Crippen LogP contribution in [-0.4, -0.2) is 24.2 Å². The molecular weight excluding hydrogens is 202 g/mol. The van der Waals surface area contributed by atoms with E-state index in [9.17, 15) is 4.79 Å². The summed E-state index contributed by atoms with van der Waals surface area (Å²) in [5, 5.41) is 3.44. The summed E-state index contributed by atoms with van der Waals surface area (Å²) >= 11 is 0. The molecule has 0 saturated heterocycles. The van der Waals surface area contributed by atoms with Crippen LogP contribution < -0.4 is 5.32 Å². The molecule has 2 atom stereocenters. The number of carbonyl (C=O) groups is 1. The molecule has 94 valence electrons. The monoisotopic (exact) mass is 227 g/mol. The Hall–Kier alpha value is -0.570. The van der Waals surface area contributed by atoms with Gasteiger partial charge in [-0.05, 0) is 39.5 Å². The zero-order valence-corrected chi connectivity index (χ0v) is 11.0. The maximum atomic E-state index is 12.1. The summed E-state index contributed by atoms with van der Waals surface area (Å²) in [5.74, 6) is 0.541. The molecule has 3 nitrogen and oxygen atoms in total. The largest absolute Gasteiger partial charge is 0.465 e. The van der Waals surface area contributed by atoms with Crippen LogP contribution in [0.15, 0.2) is 0 Å². The Bertz CT molecular complexity index is 236. The molecule has 1 aliphatic rings. The first-order valence-electron chi connectivity index (χ1n) is 6.45. The maximum absolute atomic E-state index is 12.1. The van der Waals surface area contributed by atoms with Gasteiger partial charge in [-0.25, -0.2) is 0 Å². The van der Waals surface area contributed by atoms with E-state index in [0.29, 0.717) is 18.6 Å². The molecular formula is C13H25NO2. The molecule has 0 aromatic carbocycles. The maximum Gasteiger partial charge on any atom is 0.326 e. The molecule has 1 N–H and O–H groups in total. The quantitative estimate of drug-likeness (QED) is 0.750. The van der Waals surface area contributed by atoms with E-state index in [1.807, 2.05) is 6.92 Å². The minimum Gasteiger partial charge on any atom is -0.465 e. The number of hydrogen-bond donors (Lipinski definition) is 1. The topological polar surface area (TPSA) is 38.3 Å². The van der Waals surface area contributed by atoms with Crippen LogP contribution in [0.4, 0.5) is 0 Å². The zero-order chi connectivity index (χ0) is 12.2. The predicted octanol–water partition coefficient (Wildman–Crippen LogP) is 2.50. The van der Waals surface area contributed by atoms with Crippen LogP contribution in [-0.2, 0) is 9.53 Å². The van der Waals surface area contributed by atoms with E-state index in [1.54, 1.807) is 0 Å². The molecule has 0 aromatic heterocycles. The minimum absolute atomic E-state index is 0.0600. The lowest BCUT2D eigenvalue weighted by Crippen LogP contribution is -2.57. The standard InChI is InChI=1S/C13H25NO2/c1-5-16-12(15)13(14-10(2)3)8-6-7-11(4)9-13/h10-11,14H,5-9H2,1-4H3. The summed E-state index contributed by atoms with van der Waals surface area (Å²) < 4.78 is 5.23. The summed E-state index contributed by atoms with van der Waals surface area (Å²) in [5.41, 5.74) is -0.429. The molecule has 2 unspecified atom stereocenters. The van der Waals surface area contributed by atoms with Gasteiger partial charge in [-0.1, -0.05) is 19.8 Å². The molecule has 0 heterocycles. The van der Waals surface area contributed by atoms with Gasteiger partial charge in [0, 0.05) is 6.04 Å². The molecule has 3 heteroatoms. The van der Waals surface area contributed by atoms with Crippen molar-refractivity contribution in [2.24, 2.45) is 5.92 Å². The lowest BCUT2D eigenvalue weighted by molar-refractivity contribution is -0.154. The summed E-state index contributed by atoms with van der Waals surface area (Å²) in [6.07, 6.45) is 4.15. The van der Waals surface area contributed by atoms with Gasteiger partial charge < -0.3 is 4.74 Å². The molecule has 0 bridgehead atoms. The number of rotatable bonds is 4. The number of esters is 1. The highest BCUT2D eigenvalue weighted by Gasteiger charge is 2.43. The number of carbonyl (C=O) groups excluding carboxylic acids is 1. The van der Waals surface area contributed by atoms with E-state index in [0.717, 1.165) is 19.3 Å². The van der Waals surface area contributed by atoms with Gasteiger partial charge >= 0.3 is 5.97 Å². The van der Waals surface area contributed by atoms with Gasteiger partial charge in [-0.15, -0.1) is 0 Å². The van der Waals surface area contributed by atoms with Gasteiger partial charge in [-0.3, -0.25) is 10.1 Å². The first-order valence-corrected chi connectivity index (χ1v) is 6.45. The molecule has 0 amide bonds. The second-order valence-corrected chi connectivity index (χ2v) is 5.30. The Labute approximate surface area is 98.9 Å². The van der Waals surface area contributed by atoms with Crippen LogP contribution in [0, 0.1) is 5.92 Å². The van der Waals surface area contributed by atoms with Crippen LogP contribution in [0.25, 0.3) is 0 Å². The number of hydrogen-bond acceptors (Lipinski definition) is 3. The molecule has 0 aromatic rings. The van der Waals surface area contributed by atoms with E-state index in [1.165, 1.54) is 6.42 Å². The predicted molar refractivity (Wildman–Crippen MR) is 65.3 cm³/mol. The van der Waals surface area contributed by atoms with Gasteiger partial charge in [0.1, 0.15) is 5.54 Å². The van der Waals surface area contributed by atoms with Gasteiger partial charge in [0.05, 0.1) is 6.61 Å². The van der Waals surface area contributed by atoms with Crippen LogP contribution in [0.1, 0.15) is 53.4 Å². The van der Waals surface area contributed by atoms with Crippen molar-refractivity contribution in [2.45, 2.75) is 65.0 Å². The Balaban J connectivity index is 2.78. The Morgan fingerprint density at radius 2 is 2.25 bits per heavy atom. The third-order valence-electron chi connectivity index (χ3n) is 3.23. The van der Waals surface area contributed by atoms with Crippen molar-refractivity contribution in [3.8, 4) is 0 Å². The molecule has 0 radical (unpaired) electrons. The fourth-order valence-corrected chi connectivity index (χ4v) is 2.75. The zero-order valence-electron chi connectivity index (χ0n) is 11.0. The molecule has 16 heavy (non-hydrogen) atoms. The fraction of sp³-hybridized carbons (Fsp3) is 0.923. The van der Waals surface area contributed by atoms with Crippen molar-refractivity contribution >= 4 is 5.97 Å². The van der Waals surface area contributed by atoms with Crippen LogP contribution in [0.3, 0.4) is 0 Å². The molecule has 1 saturated carbocycles. The summed E-state index contributed by atoms with van der Waals surface area (Å²) in [7, 11) is 0. The van der Waals surface area contributed by atoms with Crippen molar-refractivity contribution in [1.82, 2.24) is 5.32 Å². The normalized spacial score (nSPS) is 30.4. The number of ether oxygens (including phenoxy) is 1. The van der Waals surface area contributed by atoms with E-state index in [-0.39, 0.29) is 5.97 Å². The second-order valence-electron chi connectivity index (χ2n) is 5.30. The second kappa shape index (κ2) is 5.67. The van der Waals surface area contributed by atoms with Crippen molar-refractivity contribution < 1.29 is 9.53 Å². The van der Waals surface area contributed by atoms with Crippen molar-refractivity contribution in [1.29, 1.82) is 0 Å².